The maximum Gasteiger partial charge on any atom is 0.257 e. The zero-order valence-corrected chi connectivity index (χ0v) is 9.89. The summed E-state index contributed by atoms with van der Waals surface area (Å²) in [5.41, 5.74) is 0. The van der Waals surface area contributed by atoms with Gasteiger partial charge in [-0.3, -0.25) is 0 Å². The normalized spacial score (nSPS) is 13.0. The van der Waals surface area contributed by atoms with E-state index in [0.29, 0.717) is 16.1 Å². The van der Waals surface area contributed by atoms with Crippen LogP contribution in [0.15, 0.2) is 16.5 Å². The Morgan fingerprint density at radius 2 is 2.27 bits per heavy atom. The number of nitrogens with one attached hydrogen (secondary N) is 1. The van der Waals surface area contributed by atoms with Crippen molar-refractivity contribution < 1.29 is 4.42 Å². The first-order valence-electron chi connectivity index (χ1n) is 4.47. The van der Waals surface area contributed by atoms with E-state index in [9.17, 15) is 0 Å². The summed E-state index contributed by atoms with van der Waals surface area (Å²) in [7, 11) is 1.84. The first-order chi connectivity index (χ1) is 7.20. The van der Waals surface area contributed by atoms with Crippen LogP contribution in [0.4, 0.5) is 0 Å². The predicted molar refractivity (Wildman–Crippen MR) is 60.1 cm³/mol. The number of thiophene rings is 1. The maximum absolute atomic E-state index is 5.82. The highest BCUT2D eigenvalue weighted by atomic mass is 35.5. The largest absolute Gasteiger partial charge is 0.418 e. The molecular formula is C9H10ClN3OS. The van der Waals surface area contributed by atoms with Crippen LogP contribution < -0.4 is 5.32 Å². The smallest absolute Gasteiger partial charge is 0.257 e. The standard InChI is InChI=1S/C9H10ClN3OS/c1-5(11-2)8-12-13-9(14-8)6-3-4-7(10)15-6/h3-5,11H,1-2H3. The summed E-state index contributed by atoms with van der Waals surface area (Å²) in [6, 6.07) is 3.74. The molecule has 15 heavy (non-hydrogen) atoms. The summed E-state index contributed by atoms with van der Waals surface area (Å²) < 4.78 is 6.22. The fourth-order valence-electron chi connectivity index (χ4n) is 1.06. The Labute approximate surface area is 96.3 Å². The van der Waals surface area contributed by atoms with Crippen molar-refractivity contribution in [3.63, 3.8) is 0 Å². The van der Waals surface area contributed by atoms with Crippen molar-refractivity contribution in [3.05, 3.63) is 22.4 Å². The lowest BCUT2D eigenvalue weighted by molar-refractivity contribution is 0.442. The van der Waals surface area contributed by atoms with Gasteiger partial charge in [0.25, 0.3) is 5.89 Å². The molecule has 0 aliphatic rings. The molecule has 0 fully saturated rings. The zero-order valence-electron chi connectivity index (χ0n) is 8.32. The number of aromatic nitrogens is 2. The van der Waals surface area contributed by atoms with Gasteiger partial charge in [-0.2, -0.15) is 0 Å². The van der Waals surface area contributed by atoms with Crippen LogP contribution in [0.3, 0.4) is 0 Å². The van der Waals surface area contributed by atoms with E-state index in [-0.39, 0.29) is 6.04 Å². The molecule has 80 valence electrons. The predicted octanol–water partition coefficient (Wildman–Crippen LogP) is 2.73. The Bertz CT molecular complexity index is 454. The Balaban J connectivity index is 2.27. The first kappa shape index (κ1) is 10.6. The van der Waals surface area contributed by atoms with Crippen molar-refractivity contribution in [2.24, 2.45) is 0 Å². The van der Waals surface area contributed by atoms with Crippen LogP contribution in [-0.4, -0.2) is 17.2 Å². The molecule has 2 heterocycles. The Hall–Kier alpha value is -0.910. The molecule has 0 aliphatic heterocycles. The molecule has 0 saturated carbocycles. The third-order valence-electron chi connectivity index (χ3n) is 2.03. The maximum atomic E-state index is 5.82. The minimum absolute atomic E-state index is 0.0571. The van der Waals surface area contributed by atoms with E-state index in [2.05, 4.69) is 15.5 Å². The molecule has 2 rings (SSSR count). The summed E-state index contributed by atoms with van der Waals surface area (Å²) in [6.45, 7) is 1.96. The van der Waals surface area contributed by atoms with Crippen LogP contribution >= 0.6 is 22.9 Å². The Morgan fingerprint density at radius 3 is 2.87 bits per heavy atom. The van der Waals surface area contributed by atoms with Crippen molar-refractivity contribution in [2.75, 3.05) is 7.05 Å². The van der Waals surface area contributed by atoms with Crippen LogP contribution in [0.2, 0.25) is 4.34 Å². The quantitative estimate of drug-likeness (QED) is 0.901. The van der Waals surface area contributed by atoms with E-state index in [1.807, 2.05) is 26.1 Å². The first-order valence-corrected chi connectivity index (χ1v) is 5.66. The average Bonchev–Trinajstić information content (AvgIpc) is 2.84. The topological polar surface area (TPSA) is 51.0 Å². The third-order valence-corrected chi connectivity index (χ3v) is 3.25. The van der Waals surface area contributed by atoms with Gasteiger partial charge in [0.05, 0.1) is 15.3 Å². The lowest BCUT2D eigenvalue weighted by atomic mass is 10.3. The summed E-state index contributed by atoms with van der Waals surface area (Å²) >= 11 is 7.25. The van der Waals surface area contributed by atoms with Crippen LogP contribution in [0.25, 0.3) is 10.8 Å². The van der Waals surface area contributed by atoms with Gasteiger partial charge in [-0.15, -0.1) is 21.5 Å². The lowest BCUT2D eigenvalue weighted by Crippen LogP contribution is -2.12. The van der Waals surface area contributed by atoms with Gasteiger partial charge in [-0.1, -0.05) is 11.6 Å². The summed E-state index contributed by atoms with van der Waals surface area (Å²) in [6.07, 6.45) is 0. The van der Waals surface area contributed by atoms with Gasteiger partial charge >= 0.3 is 0 Å². The van der Waals surface area contributed by atoms with Crippen molar-refractivity contribution in [3.8, 4) is 10.8 Å². The third kappa shape index (κ3) is 2.19. The molecule has 1 N–H and O–H groups in total. The molecular weight excluding hydrogens is 234 g/mol. The molecule has 0 aliphatic carbocycles. The molecule has 2 aromatic heterocycles. The Morgan fingerprint density at radius 1 is 1.47 bits per heavy atom. The van der Waals surface area contributed by atoms with Gasteiger partial charge in [0.1, 0.15) is 0 Å². The number of hydrogen-bond donors (Lipinski definition) is 1. The van der Waals surface area contributed by atoms with Crippen LogP contribution in [0.1, 0.15) is 18.9 Å². The second-order valence-corrected chi connectivity index (χ2v) is 4.77. The van der Waals surface area contributed by atoms with Gasteiger partial charge in [-0.25, -0.2) is 0 Å². The molecule has 0 saturated heterocycles. The van der Waals surface area contributed by atoms with Crippen LogP contribution in [0, 0.1) is 0 Å². The number of rotatable bonds is 3. The van der Waals surface area contributed by atoms with Crippen LogP contribution in [0.5, 0.6) is 0 Å². The van der Waals surface area contributed by atoms with E-state index in [1.54, 1.807) is 0 Å². The number of nitrogens with zero attached hydrogens (tertiary/aromatic N) is 2. The minimum Gasteiger partial charge on any atom is -0.418 e. The van der Waals surface area contributed by atoms with E-state index in [1.165, 1.54) is 11.3 Å². The molecule has 0 bridgehead atoms. The van der Waals surface area contributed by atoms with Gasteiger partial charge in [0, 0.05) is 0 Å². The molecule has 2 aromatic rings. The second-order valence-electron chi connectivity index (χ2n) is 3.06. The van der Waals surface area contributed by atoms with E-state index in [4.69, 9.17) is 16.0 Å². The molecule has 0 aromatic carbocycles. The van der Waals surface area contributed by atoms with Crippen molar-refractivity contribution in [2.45, 2.75) is 13.0 Å². The molecule has 4 nitrogen and oxygen atoms in total. The van der Waals surface area contributed by atoms with Gasteiger partial charge in [0.15, 0.2) is 0 Å². The lowest BCUT2D eigenvalue weighted by Gasteiger charge is -2.01. The van der Waals surface area contributed by atoms with Gasteiger partial charge in [-0.05, 0) is 26.1 Å². The molecule has 1 unspecified atom stereocenters. The SMILES string of the molecule is CNC(C)c1nnc(-c2ccc(Cl)s2)o1. The summed E-state index contributed by atoms with van der Waals surface area (Å²) in [4.78, 5) is 0.891. The molecule has 1 atom stereocenters. The molecule has 6 heteroatoms. The average molecular weight is 244 g/mol. The van der Waals surface area contributed by atoms with Gasteiger partial charge in [0.2, 0.25) is 5.89 Å². The number of hydrogen-bond acceptors (Lipinski definition) is 5. The van der Waals surface area contributed by atoms with E-state index >= 15 is 0 Å². The monoisotopic (exact) mass is 243 g/mol. The van der Waals surface area contributed by atoms with E-state index in [0.717, 1.165) is 4.88 Å². The summed E-state index contributed by atoms with van der Waals surface area (Å²) in [5.74, 6) is 1.10. The van der Waals surface area contributed by atoms with Crippen molar-refractivity contribution >= 4 is 22.9 Å². The van der Waals surface area contributed by atoms with E-state index < -0.39 is 0 Å². The fraction of sp³-hybridized carbons (Fsp3) is 0.333. The van der Waals surface area contributed by atoms with Crippen molar-refractivity contribution in [1.29, 1.82) is 0 Å². The second kappa shape index (κ2) is 4.30. The molecule has 0 radical (unpaired) electrons. The zero-order chi connectivity index (χ0) is 10.8. The minimum atomic E-state index is 0.0571. The highest BCUT2D eigenvalue weighted by Gasteiger charge is 2.14. The summed E-state index contributed by atoms with van der Waals surface area (Å²) in [5, 5.41) is 11.0. The van der Waals surface area contributed by atoms with Gasteiger partial charge < -0.3 is 9.73 Å². The highest BCUT2D eigenvalue weighted by molar-refractivity contribution is 7.19. The highest BCUT2D eigenvalue weighted by Crippen LogP contribution is 2.30. The fourth-order valence-corrected chi connectivity index (χ4v) is 2.03. The number of halogens is 1. The molecule has 0 amide bonds. The Kier molecular flexibility index (Phi) is 3.04. The molecule has 0 spiro atoms. The van der Waals surface area contributed by atoms with Crippen molar-refractivity contribution in [1.82, 2.24) is 15.5 Å². The van der Waals surface area contributed by atoms with Crippen LogP contribution in [-0.2, 0) is 0 Å².